The van der Waals surface area contributed by atoms with Gasteiger partial charge in [-0.1, -0.05) is 102 Å². The SMILES string of the molecule is CCc1cc(OCCCCN=[N+]=[N-])ccc1-c1ccc(C[C@H](NC(=O)[C@H](CC)NC(=O)[C@H](CO)NC(=O)[C@@H](NC(=O)[C@](C)(Cc2ccccc2F)NC(=O)[C@@H](NC(=O)CNC(=O)[C@H](Cc2nn[nH]n2)NC(=O)C(C)(C)NC(=O)CCCCc2cnc[nH]2)[C@@H](C)O)[C@@H](C)O)C(=O)N[C@@H](CCCc2cc(C)cc(C)c2)C(N)=O)cc1. The molecule has 0 spiro atoms. The van der Waals surface area contributed by atoms with Crippen LogP contribution in [0.5, 0.6) is 5.75 Å². The number of aromatic nitrogens is 6. The number of unbranched alkanes of at least 4 members (excludes halogenated alkanes) is 2. The third kappa shape index (κ3) is 28.8. The normalized spacial score (nSPS) is 14.2. The van der Waals surface area contributed by atoms with Gasteiger partial charge in [-0.05, 0) is 170 Å². The number of halogens is 1. The molecule has 4 aromatic carbocycles. The molecule has 35 nitrogen and oxygen atoms in total. The molecule has 0 aliphatic rings. The molecule has 0 saturated heterocycles. The lowest BCUT2D eigenvalue weighted by molar-refractivity contribution is -0.140. The Morgan fingerprint density at radius 1 is 0.664 bits per heavy atom. The van der Waals surface area contributed by atoms with Crippen LogP contribution in [0.15, 0.2) is 103 Å². The van der Waals surface area contributed by atoms with Crippen LogP contribution >= 0.6 is 0 Å². The van der Waals surface area contributed by atoms with Crippen molar-refractivity contribution in [3.05, 3.63) is 159 Å². The third-order valence-electron chi connectivity index (χ3n) is 18.6. The summed E-state index contributed by atoms with van der Waals surface area (Å²) in [6.45, 7) is 12.4. The number of nitrogens with zero attached hydrogens (tertiary/aromatic N) is 7. The van der Waals surface area contributed by atoms with Gasteiger partial charge in [0.05, 0.1) is 38.3 Å². The second-order valence-corrected chi connectivity index (χ2v) is 28.5. The van der Waals surface area contributed by atoms with Gasteiger partial charge in [-0.3, -0.25) is 52.7 Å². The van der Waals surface area contributed by atoms with Gasteiger partial charge in [0.25, 0.3) is 0 Å². The third-order valence-corrected chi connectivity index (χ3v) is 18.6. The number of hydrogen-bond donors (Lipinski definition) is 16. The van der Waals surface area contributed by atoms with Crippen molar-refractivity contribution in [1.82, 2.24) is 83.8 Å². The fourth-order valence-corrected chi connectivity index (χ4v) is 12.3. The zero-order valence-corrected chi connectivity index (χ0v) is 65.0. The van der Waals surface area contributed by atoms with Crippen LogP contribution in [-0.4, -0.2) is 203 Å². The first-order valence-corrected chi connectivity index (χ1v) is 37.4. The summed E-state index contributed by atoms with van der Waals surface area (Å²) >= 11 is 0. The summed E-state index contributed by atoms with van der Waals surface area (Å²) in [7, 11) is 0. The molecule has 36 heteroatoms. The number of aliphatic hydroxyl groups excluding tert-OH is 3. The minimum atomic E-state index is -2.34. The lowest BCUT2D eigenvalue weighted by Crippen LogP contribution is -2.67. The summed E-state index contributed by atoms with van der Waals surface area (Å²) in [5.74, 6) is -11.0. The minimum absolute atomic E-state index is 0.0310. The predicted molar refractivity (Wildman–Crippen MR) is 412 cm³/mol. The molecule has 0 unspecified atom stereocenters. The van der Waals surface area contributed by atoms with Crippen molar-refractivity contribution in [3.8, 4) is 16.9 Å². The molecule has 0 radical (unpaired) electrons. The van der Waals surface area contributed by atoms with E-state index < -0.39 is 156 Å². The van der Waals surface area contributed by atoms with Crippen LogP contribution in [0.3, 0.4) is 0 Å². The molecule has 113 heavy (non-hydrogen) atoms. The van der Waals surface area contributed by atoms with Gasteiger partial charge in [0, 0.05) is 49.0 Å². The molecule has 0 aliphatic carbocycles. The number of ether oxygens (including phenoxy) is 1. The molecule has 6 rings (SSSR count). The topological polar surface area (TPSA) is 536 Å². The standard InChI is InChI=1S/C77H105FN20O15/c1-10-50-37-54(113-32-17-16-31-84-96-80)29-30-55(50)51-27-25-48(26-28-51)36-59(70(107)86-58(67(79)104)23-18-19-49-34-44(3)33-45(4)35-49)87-69(106)57(11-2)85-71(108)61(42-99)88-72(109)65(46(5)100)91-75(112)77(9,39-52-20-12-14-22-56(52)78)93-73(110)66(47(6)101)90-64(103)41-82-68(105)60(38-62-94-97-98-95-62)89-74(111)76(7,8)92-63(102)24-15-13-21-53-40-81-43-83-53/h12,14,20,22,25-30,33-35,37,40,43,46-47,57-61,65-66,99-101H,10-11,13,15-19,21,23-24,31-32,36,38-39,41-42H2,1-9H3,(H2,79,104)(H,81,83)(H,82,105)(H,85,108)(H,86,107)(H,87,106)(H,88,109)(H,89,111)(H,90,103)(H,91,112)(H,92,102)(H,93,110)(H,94,95,97,98)/t46-,47-,57+,58+,59+,60+,61+,65+,66+,77+/m1/s1. The maximum atomic E-state index is 15.5. The Morgan fingerprint density at radius 3 is 1.95 bits per heavy atom. The van der Waals surface area contributed by atoms with Crippen LogP contribution in [0.1, 0.15) is 145 Å². The fourth-order valence-electron chi connectivity index (χ4n) is 12.3. The zero-order chi connectivity index (χ0) is 83.0. The maximum absolute atomic E-state index is 15.5. The maximum Gasteiger partial charge on any atom is 0.246 e. The van der Waals surface area contributed by atoms with Crippen LogP contribution in [0.4, 0.5) is 4.39 Å². The molecule has 0 bridgehead atoms. The van der Waals surface area contributed by atoms with E-state index in [9.17, 15) is 68.1 Å². The molecule has 2 aromatic heterocycles. The van der Waals surface area contributed by atoms with Crippen LogP contribution in [0.25, 0.3) is 21.6 Å². The number of aryl methyl sites for hydroxylation is 5. The molecule has 11 amide bonds. The second kappa shape index (κ2) is 44.3. The summed E-state index contributed by atoms with van der Waals surface area (Å²) in [4.78, 5) is 163. The highest BCUT2D eigenvalue weighted by Gasteiger charge is 2.43. The summed E-state index contributed by atoms with van der Waals surface area (Å²) in [6.07, 6.45) is 3.38. The van der Waals surface area contributed by atoms with Crippen molar-refractivity contribution in [2.75, 3.05) is 26.3 Å². The Morgan fingerprint density at radius 2 is 1.32 bits per heavy atom. The lowest BCUT2D eigenvalue weighted by atomic mass is 9.90. The van der Waals surface area contributed by atoms with Gasteiger partial charge in [0.1, 0.15) is 64.9 Å². The van der Waals surface area contributed by atoms with Gasteiger partial charge in [0.2, 0.25) is 65.0 Å². The fraction of sp³-hybridized carbons (Fsp3) is 0.494. The Balaban J connectivity index is 1.14. The van der Waals surface area contributed by atoms with Crippen molar-refractivity contribution < 1.29 is 77.2 Å². The van der Waals surface area contributed by atoms with E-state index >= 15 is 4.39 Å². The Hall–Kier alpha value is -11.8. The van der Waals surface area contributed by atoms with Crippen molar-refractivity contribution >= 4 is 65.0 Å². The minimum Gasteiger partial charge on any atom is -0.494 e. The number of nitrogens with one attached hydrogen (secondary N) is 12. The summed E-state index contributed by atoms with van der Waals surface area (Å²) in [6, 6.07) is 12.8. The van der Waals surface area contributed by atoms with Crippen LogP contribution < -0.4 is 63.6 Å². The number of carbonyl (C=O) groups excluding carboxylic acids is 11. The Kier molecular flexibility index (Phi) is 35.4. The van der Waals surface area contributed by atoms with Gasteiger partial charge in [-0.2, -0.15) is 5.21 Å². The van der Waals surface area contributed by atoms with Crippen LogP contribution in [0.2, 0.25) is 0 Å². The van der Waals surface area contributed by atoms with Crippen LogP contribution in [0, 0.1) is 19.7 Å². The molecule has 610 valence electrons. The van der Waals surface area contributed by atoms with Gasteiger partial charge >= 0.3 is 0 Å². The van der Waals surface area contributed by atoms with E-state index in [0.29, 0.717) is 75.8 Å². The quantitative estimate of drug-likeness (QED) is 0.0112. The molecule has 2 heterocycles. The first-order chi connectivity index (χ1) is 53.8. The smallest absolute Gasteiger partial charge is 0.246 e. The summed E-state index contributed by atoms with van der Waals surface area (Å²) in [5, 5.41) is 74.4. The highest BCUT2D eigenvalue weighted by atomic mass is 19.1. The molecule has 6 aromatic rings. The van der Waals surface area contributed by atoms with Gasteiger partial charge in [-0.15, -0.1) is 10.2 Å². The van der Waals surface area contributed by atoms with Gasteiger partial charge in [0.15, 0.2) is 5.82 Å². The van der Waals surface area contributed by atoms with E-state index in [2.05, 4.69) is 93.8 Å². The van der Waals surface area contributed by atoms with Crippen LogP contribution in [-0.2, 0) is 91.3 Å². The Bertz CT molecular complexity index is 4230. The number of amides is 11. The Labute approximate surface area is 653 Å². The van der Waals surface area contributed by atoms with Crippen molar-refractivity contribution in [2.45, 2.75) is 218 Å². The number of carbonyl (C=O) groups is 11. The predicted octanol–water partition coefficient (Wildman–Crippen LogP) is 1.77. The van der Waals surface area contributed by atoms with Crippen molar-refractivity contribution in [1.29, 1.82) is 0 Å². The average molecular weight is 1570 g/mol. The van der Waals surface area contributed by atoms with E-state index in [1.807, 2.05) is 69.3 Å². The van der Waals surface area contributed by atoms with E-state index in [0.717, 1.165) is 65.9 Å². The van der Waals surface area contributed by atoms with Gasteiger partial charge in [-0.25, -0.2) is 9.37 Å². The van der Waals surface area contributed by atoms with Crippen molar-refractivity contribution in [3.63, 3.8) is 0 Å². The summed E-state index contributed by atoms with van der Waals surface area (Å²) in [5.41, 5.74) is 17.7. The first-order valence-electron chi connectivity index (χ1n) is 37.4. The number of azide groups is 1. The number of rotatable bonds is 47. The molecule has 0 aliphatic heterocycles. The molecule has 0 saturated carbocycles. The van der Waals surface area contributed by atoms with Crippen molar-refractivity contribution in [2.24, 2.45) is 10.8 Å². The number of imidazole rings is 1. The second-order valence-electron chi connectivity index (χ2n) is 28.5. The zero-order valence-electron chi connectivity index (χ0n) is 65.0. The number of nitrogens with two attached hydrogens (primary N) is 1. The average Bonchev–Trinajstić information content (AvgIpc) is 0.966. The summed E-state index contributed by atoms with van der Waals surface area (Å²) < 4.78 is 21.5. The largest absolute Gasteiger partial charge is 0.494 e. The monoisotopic (exact) mass is 1570 g/mol. The molecule has 0 fully saturated rings. The van der Waals surface area contributed by atoms with E-state index in [-0.39, 0.29) is 43.5 Å². The van der Waals surface area contributed by atoms with E-state index in [4.69, 9.17) is 16.0 Å². The highest BCUT2D eigenvalue weighted by molar-refractivity contribution is 6.00. The number of primary amides is 1. The molecule has 17 N–H and O–H groups in total. The number of benzene rings is 4. The number of aliphatic hydroxyl groups is 3. The van der Waals surface area contributed by atoms with E-state index in [1.165, 1.54) is 39.0 Å². The first kappa shape index (κ1) is 90.1. The number of hydrogen-bond acceptors (Lipinski definition) is 20. The number of tetrazole rings is 1. The number of aromatic amines is 2. The molecule has 10 atom stereocenters. The number of H-pyrrole nitrogens is 2. The van der Waals surface area contributed by atoms with Gasteiger partial charge < -0.3 is 83.9 Å². The molecular weight excluding hydrogens is 1460 g/mol. The lowest BCUT2D eigenvalue weighted by Gasteiger charge is -2.34. The highest BCUT2D eigenvalue weighted by Crippen LogP contribution is 2.29. The molecular formula is C77H105FN20O15. The van der Waals surface area contributed by atoms with E-state index in [1.54, 1.807) is 24.7 Å².